The van der Waals surface area contributed by atoms with Crippen LogP contribution in [0.4, 0.5) is 10.1 Å². The number of hydrogen-bond acceptors (Lipinski definition) is 4. The van der Waals surface area contributed by atoms with Crippen molar-refractivity contribution in [2.75, 3.05) is 19.4 Å². The Bertz CT molecular complexity index is 1350. The molecule has 0 atom stereocenters. The van der Waals surface area contributed by atoms with Gasteiger partial charge in [-0.3, -0.25) is 9.59 Å². The molecule has 3 aromatic carbocycles. The number of oxazole rings is 1. The maximum Gasteiger partial charge on any atom is 0.256 e. The Hall–Kier alpha value is -3.97. The van der Waals surface area contributed by atoms with Crippen molar-refractivity contribution in [2.24, 2.45) is 0 Å². The van der Waals surface area contributed by atoms with Crippen LogP contribution in [0.2, 0.25) is 5.02 Å². The molecule has 0 saturated heterocycles. The summed E-state index contributed by atoms with van der Waals surface area (Å²) in [6.07, 6.45) is 1.42. The molecule has 0 aliphatic heterocycles. The van der Waals surface area contributed by atoms with Gasteiger partial charge in [0.25, 0.3) is 11.8 Å². The molecule has 0 fully saturated rings. The molecule has 1 N–H and O–H groups in total. The highest BCUT2D eigenvalue weighted by Crippen LogP contribution is 2.30. The van der Waals surface area contributed by atoms with E-state index in [1.165, 1.54) is 23.2 Å². The van der Waals surface area contributed by atoms with Crippen LogP contribution in [-0.4, -0.2) is 35.8 Å². The fourth-order valence-corrected chi connectivity index (χ4v) is 3.46. The molecule has 1 heterocycles. The van der Waals surface area contributed by atoms with Crippen molar-refractivity contribution in [3.05, 3.63) is 94.9 Å². The van der Waals surface area contributed by atoms with Crippen molar-refractivity contribution < 1.29 is 18.4 Å². The molecule has 0 bridgehead atoms. The number of aromatic nitrogens is 1. The Balaban J connectivity index is 1.64. The summed E-state index contributed by atoms with van der Waals surface area (Å²) in [4.78, 5) is 31.0. The first-order valence-corrected chi connectivity index (χ1v) is 10.4. The van der Waals surface area contributed by atoms with Gasteiger partial charge in [0.1, 0.15) is 5.82 Å². The van der Waals surface area contributed by atoms with Gasteiger partial charge in [0, 0.05) is 25.3 Å². The number of benzene rings is 3. The molecule has 0 unspecified atom stereocenters. The highest BCUT2D eigenvalue weighted by molar-refractivity contribution is 6.34. The lowest BCUT2D eigenvalue weighted by atomic mass is 10.1. The van der Waals surface area contributed by atoms with Crippen molar-refractivity contribution in [2.45, 2.75) is 0 Å². The minimum Gasteiger partial charge on any atom is -0.436 e. The Kier molecular flexibility index (Phi) is 6.24. The van der Waals surface area contributed by atoms with E-state index >= 15 is 0 Å². The second-order valence-electron chi connectivity index (χ2n) is 7.40. The first kappa shape index (κ1) is 22.2. The average molecular weight is 464 g/mol. The van der Waals surface area contributed by atoms with Crippen LogP contribution in [0.15, 0.2) is 77.3 Å². The molecule has 166 valence electrons. The van der Waals surface area contributed by atoms with Crippen LogP contribution < -0.4 is 5.32 Å². The molecule has 0 saturated carbocycles. The molecule has 8 heteroatoms. The number of carbonyl (C=O) groups excluding carboxylic acids is 2. The number of carbonyl (C=O) groups is 2. The minimum atomic E-state index is -0.433. The number of nitrogens with one attached hydrogen (secondary N) is 1. The Morgan fingerprint density at radius 1 is 0.970 bits per heavy atom. The van der Waals surface area contributed by atoms with Crippen LogP contribution in [0.5, 0.6) is 0 Å². The van der Waals surface area contributed by atoms with E-state index in [1.807, 2.05) is 0 Å². The van der Waals surface area contributed by atoms with Gasteiger partial charge in [-0.15, -0.1) is 0 Å². The van der Waals surface area contributed by atoms with Crippen LogP contribution in [0.25, 0.3) is 22.8 Å². The van der Waals surface area contributed by atoms with E-state index < -0.39 is 11.7 Å². The molecule has 0 spiro atoms. The lowest BCUT2D eigenvalue weighted by Crippen LogP contribution is -2.22. The number of anilines is 1. The molecular formula is C25H19ClFN3O3. The predicted molar refractivity (Wildman–Crippen MR) is 125 cm³/mol. The van der Waals surface area contributed by atoms with Crippen LogP contribution >= 0.6 is 11.6 Å². The zero-order chi connectivity index (χ0) is 23.5. The fourth-order valence-electron chi connectivity index (χ4n) is 3.26. The maximum absolute atomic E-state index is 14.1. The topological polar surface area (TPSA) is 75.4 Å². The smallest absolute Gasteiger partial charge is 0.256 e. The van der Waals surface area contributed by atoms with Crippen molar-refractivity contribution in [1.82, 2.24) is 9.88 Å². The van der Waals surface area contributed by atoms with Crippen LogP contribution in [0.3, 0.4) is 0 Å². The van der Waals surface area contributed by atoms with E-state index in [2.05, 4.69) is 10.3 Å². The molecule has 0 radical (unpaired) electrons. The highest BCUT2D eigenvalue weighted by Gasteiger charge is 2.19. The molecule has 4 aromatic rings. The Morgan fingerprint density at radius 3 is 2.39 bits per heavy atom. The number of amides is 2. The van der Waals surface area contributed by atoms with Gasteiger partial charge in [0.15, 0.2) is 5.76 Å². The summed E-state index contributed by atoms with van der Waals surface area (Å²) in [7, 11) is 3.23. The lowest BCUT2D eigenvalue weighted by molar-refractivity contribution is 0.0827. The van der Waals surface area contributed by atoms with E-state index in [-0.39, 0.29) is 33.7 Å². The standard InChI is InChI=1S/C25H19ClFN3O3/c1-30(2)25(32)19-13-15(11-12-20(19)26)29-23(31)16-7-3-4-8-17(16)24-28-14-22(33-24)18-9-5-6-10-21(18)27/h3-14H,1-2H3,(H,29,31). The summed E-state index contributed by atoms with van der Waals surface area (Å²) in [6, 6.07) is 17.7. The Labute approximate surface area is 194 Å². The molecular weight excluding hydrogens is 445 g/mol. The first-order valence-electron chi connectivity index (χ1n) is 9.98. The van der Waals surface area contributed by atoms with Crippen molar-refractivity contribution >= 4 is 29.1 Å². The van der Waals surface area contributed by atoms with Gasteiger partial charge >= 0.3 is 0 Å². The third kappa shape index (κ3) is 4.63. The van der Waals surface area contributed by atoms with Crippen molar-refractivity contribution in [3.63, 3.8) is 0 Å². The van der Waals surface area contributed by atoms with Crippen LogP contribution in [-0.2, 0) is 0 Å². The number of rotatable bonds is 5. The number of hydrogen-bond donors (Lipinski definition) is 1. The first-order chi connectivity index (χ1) is 15.8. The molecule has 6 nitrogen and oxygen atoms in total. The molecule has 2 amide bonds. The van der Waals surface area contributed by atoms with Gasteiger partial charge in [-0.2, -0.15) is 0 Å². The van der Waals surface area contributed by atoms with Crippen molar-refractivity contribution in [1.29, 1.82) is 0 Å². The van der Waals surface area contributed by atoms with E-state index in [1.54, 1.807) is 68.7 Å². The van der Waals surface area contributed by atoms with E-state index in [9.17, 15) is 14.0 Å². The van der Waals surface area contributed by atoms with Crippen molar-refractivity contribution in [3.8, 4) is 22.8 Å². The molecule has 33 heavy (non-hydrogen) atoms. The highest BCUT2D eigenvalue weighted by atomic mass is 35.5. The maximum atomic E-state index is 14.1. The molecule has 0 aliphatic carbocycles. The minimum absolute atomic E-state index is 0.179. The van der Waals surface area contributed by atoms with Gasteiger partial charge in [-0.05, 0) is 42.5 Å². The third-order valence-corrected chi connectivity index (χ3v) is 5.24. The SMILES string of the molecule is CN(C)C(=O)c1cc(NC(=O)c2ccccc2-c2ncc(-c3ccccc3F)o2)ccc1Cl. The molecule has 1 aromatic heterocycles. The zero-order valence-corrected chi connectivity index (χ0v) is 18.6. The Morgan fingerprint density at radius 2 is 1.67 bits per heavy atom. The summed E-state index contributed by atoms with van der Waals surface area (Å²) in [5.74, 6) is -0.711. The van der Waals surface area contributed by atoms with Crippen LogP contribution in [0.1, 0.15) is 20.7 Å². The number of halogens is 2. The van der Waals surface area contributed by atoms with E-state index in [0.29, 0.717) is 16.8 Å². The molecule has 4 rings (SSSR count). The third-order valence-electron chi connectivity index (χ3n) is 4.91. The van der Waals surface area contributed by atoms with Crippen LogP contribution in [0, 0.1) is 5.82 Å². The quantitative estimate of drug-likeness (QED) is 0.408. The van der Waals surface area contributed by atoms with E-state index in [4.69, 9.17) is 16.0 Å². The normalized spacial score (nSPS) is 10.7. The largest absolute Gasteiger partial charge is 0.436 e. The van der Waals surface area contributed by atoms with Gasteiger partial charge < -0.3 is 14.6 Å². The summed E-state index contributed by atoms with van der Waals surface area (Å²) in [5, 5.41) is 3.06. The second kappa shape index (κ2) is 9.26. The van der Waals surface area contributed by atoms with Gasteiger partial charge in [-0.1, -0.05) is 35.9 Å². The summed E-state index contributed by atoms with van der Waals surface area (Å²) < 4.78 is 19.9. The zero-order valence-electron chi connectivity index (χ0n) is 17.8. The molecule has 0 aliphatic rings. The number of nitrogens with zero attached hydrogens (tertiary/aromatic N) is 2. The van der Waals surface area contributed by atoms with Gasteiger partial charge in [0.2, 0.25) is 5.89 Å². The van der Waals surface area contributed by atoms with E-state index in [0.717, 1.165) is 0 Å². The lowest BCUT2D eigenvalue weighted by Gasteiger charge is -2.13. The summed E-state index contributed by atoms with van der Waals surface area (Å²) >= 11 is 6.15. The average Bonchev–Trinajstić information content (AvgIpc) is 3.30. The van der Waals surface area contributed by atoms with Gasteiger partial charge in [-0.25, -0.2) is 9.37 Å². The second-order valence-corrected chi connectivity index (χ2v) is 7.81. The predicted octanol–water partition coefficient (Wildman–Crippen LogP) is 5.76. The monoisotopic (exact) mass is 463 g/mol. The summed E-state index contributed by atoms with van der Waals surface area (Å²) in [6.45, 7) is 0. The fraction of sp³-hybridized carbons (Fsp3) is 0.0800. The summed E-state index contributed by atoms with van der Waals surface area (Å²) in [5.41, 5.74) is 1.70. The van der Waals surface area contributed by atoms with Gasteiger partial charge in [0.05, 0.1) is 27.9 Å².